The second-order valence-electron chi connectivity index (χ2n) is 5.27. The number of hydrogen-bond acceptors (Lipinski definition) is 1. The van der Waals surface area contributed by atoms with Crippen LogP contribution in [-0.4, -0.2) is 15.6 Å². The van der Waals surface area contributed by atoms with E-state index in [0.29, 0.717) is 0 Å². The largest absolute Gasteiger partial charge is 0.481 e. The Morgan fingerprint density at radius 2 is 2.00 bits per heavy atom. The molecule has 0 aliphatic rings. The van der Waals surface area contributed by atoms with Crippen LogP contribution in [0.4, 0.5) is 0 Å². The fraction of sp³-hybridized carbons (Fsp3) is 0.400. The number of fused-ring (bicyclic) bond motifs is 1. The van der Waals surface area contributed by atoms with Crippen molar-refractivity contribution in [2.45, 2.75) is 39.7 Å². The number of hydrogen-bond donors (Lipinski definition) is 1. The van der Waals surface area contributed by atoms with E-state index in [-0.39, 0.29) is 0 Å². The second-order valence-corrected chi connectivity index (χ2v) is 5.27. The van der Waals surface area contributed by atoms with Crippen molar-refractivity contribution in [1.82, 2.24) is 4.57 Å². The lowest BCUT2D eigenvalue weighted by atomic mass is 9.89. The zero-order chi connectivity index (χ0) is 13.5. The van der Waals surface area contributed by atoms with E-state index in [2.05, 4.69) is 29.7 Å². The zero-order valence-electron chi connectivity index (χ0n) is 11.3. The molecule has 1 aromatic carbocycles. The van der Waals surface area contributed by atoms with Gasteiger partial charge in [0.1, 0.15) is 5.41 Å². The monoisotopic (exact) mass is 245 g/mol. The number of nitrogens with zero attached hydrogens (tertiary/aromatic N) is 1. The van der Waals surface area contributed by atoms with Crippen molar-refractivity contribution in [3.8, 4) is 0 Å². The first-order valence-electron chi connectivity index (χ1n) is 6.21. The lowest BCUT2D eigenvalue weighted by molar-refractivity contribution is -0.142. The number of carboxylic acid groups (broad SMARTS) is 1. The summed E-state index contributed by atoms with van der Waals surface area (Å²) in [5.74, 6) is -0.795. The van der Waals surface area contributed by atoms with Crippen molar-refractivity contribution in [3.63, 3.8) is 0 Å². The number of carbonyl (C=O) groups is 1. The number of aliphatic carboxylic acids is 1. The molecule has 96 valence electrons. The van der Waals surface area contributed by atoms with E-state index in [9.17, 15) is 9.90 Å². The van der Waals surface area contributed by atoms with E-state index in [1.165, 1.54) is 5.56 Å². The molecule has 0 fully saturated rings. The van der Waals surface area contributed by atoms with Gasteiger partial charge in [-0.25, -0.2) is 0 Å². The van der Waals surface area contributed by atoms with E-state index >= 15 is 0 Å². The van der Waals surface area contributed by atoms with E-state index < -0.39 is 11.4 Å². The molecule has 2 rings (SSSR count). The highest BCUT2D eigenvalue weighted by molar-refractivity contribution is 5.87. The third-order valence-corrected chi connectivity index (χ3v) is 3.55. The lowest BCUT2D eigenvalue weighted by Crippen LogP contribution is -2.31. The van der Waals surface area contributed by atoms with E-state index in [1.54, 1.807) is 13.8 Å². The summed E-state index contributed by atoms with van der Waals surface area (Å²) in [6.45, 7) is 8.38. The summed E-state index contributed by atoms with van der Waals surface area (Å²) < 4.78 is 2.09. The smallest absolute Gasteiger partial charge is 0.315 e. The highest BCUT2D eigenvalue weighted by atomic mass is 16.4. The molecule has 0 saturated heterocycles. The van der Waals surface area contributed by atoms with Crippen LogP contribution in [0.2, 0.25) is 0 Å². The van der Waals surface area contributed by atoms with Gasteiger partial charge in [0.05, 0.1) is 0 Å². The molecule has 0 atom stereocenters. The van der Waals surface area contributed by atoms with Crippen molar-refractivity contribution in [2.24, 2.45) is 0 Å². The Kier molecular flexibility index (Phi) is 2.93. The first-order valence-corrected chi connectivity index (χ1v) is 6.21. The lowest BCUT2D eigenvalue weighted by Gasteiger charge is -2.21. The third kappa shape index (κ3) is 1.80. The van der Waals surface area contributed by atoms with Gasteiger partial charge in [-0.15, -0.1) is 0 Å². The Morgan fingerprint density at radius 1 is 1.33 bits per heavy atom. The van der Waals surface area contributed by atoms with Gasteiger partial charge < -0.3 is 9.67 Å². The molecule has 0 saturated carbocycles. The first kappa shape index (κ1) is 12.7. The summed E-state index contributed by atoms with van der Waals surface area (Å²) in [6.07, 6.45) is 0. The minimum Gasteiger partial charge on any atom is -0.481 e. The van der Waals surface area contributed by atoms with Gasteiger partial charge in [0.15, 0.2) is 0 Å². The molecular weight excluding hydrogens is 226 g/mol. The molecule has 0 radical (unpaired) electrons. The van der Waals surface area contributed by atoms with Crippen molar-refractivity contribution < 1.29 is 9.90 Å². The molecule has 0 spiro atoms. The quantitative estimate of drug-likeness (QED) is 0.901. The van der Waals surface area contributed by atoms with Crippen LogP contribution in [0.1, 0.15) is 32.0 Å². The molecule has 3 heteroatoms. The summed E-state index contributed by atoms with van der Waals surface area (Å²) in [5, 5.41) is 10.5. The molecule has 1 N–H and O–H groups in total. The minimum absolute atomic E-state index is 0.777. The van der Waals surface area contributed by atoms with Gasteiger partial charge in [-0.1, -0.05) is 12.1 Å². The first-order chi connectivity index (χ1) is 8.37. The topological polar surface area (TPSA) is 42.2 Å². The number of aromatic nitrogens is 1. The van der Waals surface area contributed by atoms with Crippen LogP contribution in [0.3, 0.4) is 0 Å². The SMILES string of the molecule is CCn1c(C(C)(C)C(=O)O)cc2ccc(C)cc21. The normalized spacial score (nSPS) is 12.0. The molecule has 2 aromatic rings. The molecule has 0 aliphatic carbocycles. The Labute approximate surface area is 107 Å². The zero-order valence-corrected chi connectivity index (χ0v) is 11.3. The molecule has 18 heavy (non-hydrogen) atoms. The summed E-state index contributed by atoms with van der Waals surface area (Å²) in [4.78, 5) is 11.4. The molecule has 0 unspecified atom stereocenters. The highest BCUT2D eigenvalue weighted by Crippen LogP contribution is 2.30. The van der Waals surface area contributed by atoms with Gasteiger partial charge in [-0.05, 0) is 50.8 Å². The maximum absolute atomic E-state index is 11.4. The minimum atomic E-state index is -0.872. The summed E-state index contributed by atoms with van der Waals surface area (Å²) in [6, 6.07) is 8.21. The van der Waals surface area contributed by atoms with Crippen LogP contribution in [0.25, 0.3) is 10.9 Å². The van der Waals surface area contributed by atoms with Crippen molar-refractivity contribution >= 4 is 16.9 Å². The summed E-state index contributed by atoms with van der Waals surface area (Å²) >= 11 is 0. The molecule has 1 aromatic heterocycles. The van der Waals surface area contributed by atoms with Crippen molar-refractivity contribution in [3.05, 3.63) is 35.5 Å². The van der Waals surface area contributed by atoms with Gasteiger partial charge in [0.25, 0.3) is 0 Å². The predicted octanol–water partition coefficient (Wildman–Crippen LogP) is 3.33. The van der Waals surface area contributed by atoms with Crippen LogP contribution >= 0.6 is 0 Å². The maximum atomic E-state index is 11.4. The van der Waals surface area contributed by atoms with E-state index in [1.807, 2.05) is 13.0 Å². The number of benzene rings is 1. The number of rotatable bonds is 3. The molecule has 1 heterocycles. The Hall–Kier alpha value is -1.77. The van der Waals surface area contributed by atoms with Gasteiger partial charge in [-0.2, -0.15) is 0 Å². The Morgan fingerprint density at radius 3 is 2.56 bits per heavy atom. The van der Waals surface area contributed by atoms with E-state index in [0.717, 1.165) is 23.1 Å². The van der Waals surface area contributed by atoms with Crippen LogP contribution < -0.4 is 0 Å². The fourth-order valence-corrected chi connectivity index (χ4v) is 2.33. The summed E-state index contributed by atoms with van der Waals surface area (Å²) in [7, 11) is 0. The van der Waals surface area contributed by atoms with Gasteiger partial charge in [0, 0.05) is 17.8 Å². The molecule has 3 nitrogen and oxygen atoms in total. The van der Waals surface area contributed by atoms with E-state index in [4.69, 9.17) is 0 Å². The Bertz CT molecular complexity index is 608. The molecule has 0 aliphatic heterocycles. The van der Waals surface area contributed by atoms with Crippen LogP contribution in [0, 0.1) is 6.92 Å². The standard InChI is InChI=1S/C15H19NO2/c1-5-16-12-8-10(2)6-7-11(12)9-13(16)15(3,4)14(17)18/h6-9H,5H2,1-4H3,(H,17,18). The van der Waals surface area contributed by atoms with Crippen LogP contribution in [-0.2, 0) is 16.8 Å². The highest BCUT2D eigenvalue weighted by Gasteiger charge is 2.33. The van der Waals surface area contributed by atoms with Gasteiger partial charge in [0.2, 0.25) is 0 Å². The second kappa shape index (κ2) is 4.16. The molecule has 0 amide bonds. The van der Waals surface area contributed by atoms with Gasteiger partial charge in [-0.3, -0.25) is 4.79 Å². The Balaban J connectivity index is 2.76. The average molecular weight is 245 g/mol. The third-order valence-electron chi connectivity index (χ3n) is 3.55. The average Bonchev–Trinajstić information content (AvgIpc) is 2.66. The van der Waals surface area contributed by atoms with Gasteiger partial charge >= 0.3 is 5.97 Å². The van der Waals surface area contributed by atoms with Crippen LogP contribution in [0.5, 0.6) is 0 Å². The number of carboxylic acids is 1. The maximum Gasteiger partial charge on any atom is 0.315 e. The predicted molar refractivity (Wildman–Crippen MR) is 73.0 cm³/mol. The van der Waals surface area contributed by atoms with Crippen LogP contribution in [0.15, 0.2) is 24.3 Å². The fourth-order valence-electron chi connectivity index (χ4n) is 2.33. The van der Waals surface area contributed by atoms with Crippen molar-refractivity contribution in [1.29, 1.82) is 0 Å². The summed E-state index contributed by atoms with van der Waals surface area (Å²) in [5.41, 5.74) is 2.29. The molecule has 0 bridgehead atoms. The number of aryl methyl sites for hydroxylation is 2. The molecular formula is C15H19NO2. The van der Waals surface area contributed by atoms with Crippen molar-refractivity contribution in [2.75, 3.05) is 0 Å².